The number of hydrogen-bond donors (Lipinski definition) is 1. The molecule has 0 spiro atoms. The highest BCUT2D eigenvalue weighted by atomic mass is 127. The normalized spacial score (nSPS) is 20.1. The van der Waals surface area contributed by atoms with Crippen LogP contribution in [0.4, 0.5) is 0 Å². The Bertz CT molecular complexity index is 1440. The number of ether oxygens (including phenoxy) is 1. The van der Waals surface area contributed by atoms with Gasteiger partial charge in [0.05, 0.1) is 62.0 Å². The number of fused-ring (bicyclic) bond motifs is 1. The van der Waals surface area contributed by atoms with Gasteiger partial charge in [0.2, 0.25) is 10.0 Å². The molecule has 0 saturated carbocycles. The molecule has 3 heterocycles. The summed E-state index contributed by atoms with van der Waals surface area (Å²) in [6.07, 6.45) is 1.54. The van der Waals surface area contributed by atoms with Crippen molar-refractivity contribution in [1.29, 1.82) is 0 Å². The Morgan fingerprint density at radius 3 is 2.41 bits per heavy atom. The molecule has 1 aliphatic heterocycles. The lowest BCUT2D eigenvalue weighted by molar-refractivity contribution is -0.938. The van der Waals surface area contributed by atoms with Crippen LogP contribution < -0.4 is 34.3 Å². The number of sulfonamides is 1. The van der Waals surface area contributed by atoms with Crippen LogP contribution in [0.2, 0.25) is 0 Å². The van der Waals surface area contributed by atoms with Gasteiger partial charge in [0, 0.05) is 7.05 Å². The number of piperazine rings is 1. The topological polar surface area (TPSA) is 110 Å². The van der Waals surface area contributed by atoms with Crippen LogP contribution in [0.25, 0.3) is 22.4 Å². The Hall–Kier alpha value is -2.03. The van der Waals surface area contributed by atoms with Gasteiger partial charge in [-0.15, -0.1) is 0 Å². The van der Waals surface area contributed by atoms with Gasteiger partial charge in [-0.05, 0) is 45.4 Å². The molecule has 10 nitrogen and oxygen atoms in total. The minimum atomic E-state index is -3.77. The van der Waals surface area contributed by atoms with Gasteiger partial charge < -0.3 is 38.2 Å². The number of aryl methyl sites for hydroxylation is 2. The zero-order valence-corrected chi connectivity index (χ0v) is 25.6. The van der Waals surface area contributed by atoms with E-state index in [4.69, 9.17) is 9.72 Å². The molecule has 37 heavy (non-hydrogen) atoms. The van der Waals surface area contributed by atoms with Crippen LogP contribution in [0.1, 0.15) is 39.8 Å². The number of quaternary nitrogens is 1. The van der Waals surface area contributed by atoms with Gasteiger partial charge in [0.15, 0.2) is 5.52 Å². The average Bonchev–Trinajstić information content (AvgIpc) is 3.13. The van der Waals surface area contributed by atoms with Gasteiger partial charge in [-0.2, -0.15) is 9.40 Å². The summed E-state index contributed by atoms with van der Waals surface area (Å²) in [4.78, 5) is 20.7. The molecular weight excluding hydrogens is 607 g/mol. The van der Waals surface area contributed by atoms with Crippen molar-refractivity contribution in [1.82, 2.24) is 24.1 Å². The molecule has 0 amide bonds. The fourth-order valence-corrected chi connectivity index (χ4v) is 6.41. The number of benzene rings is 1. The molecule has 3 aromatic rings. The fourth-order valence-electron chi connectivity index (χ4n) is 4.78. The Kier molecular flexibility index (Phi) is 8.77. The summed E-state index contributed by atoms with van der Waals surface area (Å²) in [6, 6.07) is 5.06. The quantitative estimate of drug-likeness (QED) is 0.276. The minimum absolute atomic E-state index is 0. The molecule has 0 bridgehead atoms. The van der Waals surface area contributed by atoms with E-state index < -0.39 is 10.0 Å². The molecule has 12 heteroatoms. The molecule has 1 fully saturated rings. The predicted molar refractivity (Wildman–Crippen MR) is 140 cm³/mol. The summed E-state index contributed by atoms with van der Waals surface area (Å²) in [5.41, 5.74) is 1.74. The van der Waals surface area contributed by atoms with Crippen LogP contribution in [0, 0.1) is 0 Å². The lowest BCUT2D eigenvalue weighted by Gasteiger charge is -2.48. The lowest BCUT2D eigenvalue weighted by Crippen LogP contribution is -3.00. The number of nitrogens with one attached hydrogen (secondary N) is 1. The lowest BCUT2D eigenvalue weighted by atomic mass is 10.1. The molecule has 204 valence electrons. The van der Waals surface area contributed by atoms with E-state index in [1.807, 2.05) is 13.8 Å². The van der Waals surface area contributed by atoms with Gasteiger partial charge in [0.25, 0.3) is 5.56 Å². The largest absolute Gasteiger partial charge is 1.00 e. The van der Waals surface area contributed by atoms with Crippen molar-refractivity contribution >= 4 is 21.1 Å². The Morgan fingerprint density at radius 2 is 1.81 bits per heavy atom. The highest BCUT2D eigenvalue weighted by Crippen LogP contribution is 2.33. The Labute approximate surface area is 235 Å². The van der Waals surface area contributed by atoms with E-state index in [1.165, 1.54) is 0 Å². The zero-order valence-electron chi connectivity index (χ0n) is 22.6. The first-order valence-electron chi connectivity index (χ1n) is 12.5. The molecule has 2 aromatic heterocycles. The number of aromatic amines is 1. The standard InChI is InChI=1S/C25H36N6O4S.HI/c1-8-10-20-22-23(29(5)28-20)25(32)27-24(26-22)19-13-18(11-12-21(19)35-9-2)36(33,34)30-14-16(3)31(6,7)17(4)15-30;/h11-13,16-17H,8-10,14-15H2,1-7H3;1H/t16-,17+;. The summed E-state index contributed by atoms with van der Waals surface area (Å²) in [5, 5.41) is 4.48. The maximum atomic E-state index is 13.7. The molecule has 1 aliphatic rings. The van der Waals surface area contributed by atoms with E-state index in [-0.39, 0.29) is 52.3 Å². The second-order valence-electron chi connectivity index (χ2n) is 10.2. The van der Waals surface area contributed by atoms with Crippen molar-refractivity contribution in [2.75, 3.05) is 33.8 Å². The van der Waals surface area contributed by atoms with Crippen molar-refractivity contribution in [3.8, 4) is 17.1 Å². The van der Waals surface area contributed by atoms with Crippen molar-refractivity contribution < 1.29 is 41.6 Å². The van der Waals surface area contributed by atoms with Crippen LogP contribution >= 0.6 is 0 Å². The SMILES string of the molecule is CCCc1nn(C)c2c(=O)[nH]c(-c3cc(S(=O)(=O)N4C[C@@H](C)[N+](C)(C)[C@@H](C)C4)ccc3OCC)nc12.[I-]. The molecule has 0 unspecified atom stereocenters. The molecule has 2 atom stereocenters. The van der Waals surface area contributed by atoms with E-state index in [0.717, 1.165) is 16.6 Å². The first kappa shape index (κ1) is 29.5. The molecule has 1 saturated heterocycles. The summed E-state index contributed by atoms with van der Waals surface area (Å²) >= 11 is 0. The van der Waals surface area contributed by atoms with Crippen LogP contribution in [-0.4, -0.2) is 82.8 Å². The molecule has 0 aliphatic carbocycles. The summed E-state index contributed by atoms with van der Waals surface area (Å²) in [7, 11) is 2.22. The number of hydrogen-bond acceptors (Lipinski definition) is 6. The smallest absolute Gasteiger partial charge is 0.277 e. The second kappa shape index (κ2) is 11.0. The van der Waals surface area contributed by atoms with Crippen LogP contribution in [-0.2, 0) is 23.5 Å². The van der Waals surface area contributed by atoms with E-state index in [2.05, 4.69) is 38.0 Å². The molecule has 1 N–H and O–H groups in total. The molecule has 4 rings (SSSR count). The van der Waals surface area contributed by atoms with Gasteiger partial charge in [-0.1, -0.05) is 13.3 Å². The monoisotopic (exact) mass is 644 g/mol. The molecule has 1 aromatic carbocycles. The first-order chi connectivity index (χ1) is 16.9. The van der Waals surface area contributed by atoms with Gasteiger partial charge in [-0.25, -0.2) is 13.4 Å². The maximum Gasteiger partial charge on any atom is 0.277 e. The number of aromatic nitrogens is 4. The van der Waals surface area contributed by atoms with E-state index in [9.17, 15) is 13.2 Å². The van der Waals surface area contributed by atoms with E-state index in [1.54, 1.807) is 34.2 Å². The number of rotatable bonds is 7. The molecule has 0 radical (unpaired) electrons. The second-order valence-corrected chi connectivity index (χ2v) is 12.1. The van der Waals surface area contributed by atoms with Crippen LogP contribution in [0.3, 0.4) is 0 Å². The maximum absolute atomic E-state index is 13.7. The van der Waals surface area contributed by atoms with Gasteiger partial charge >= 0.3 is 0 Å². The minimum Gasteiger partial charge on any atom is -1.00 e. The molecular formula is C25H37IN6O4S. The van der Waals surface area contributed by atoms with Gasteiger partial charge in [-0.3, -0.25) is 9.48 Å². The number of nitrogens with zero attached hydrogens (tertiary/aromatic N) is 5. The predicted octanol–water partition coefficient (Wildman–Crippen LogP) is -0.463. The third-order valence-electron chi connectivity index (χ3n) is 7.60. The first-order valence-corrected chi connectivity index (χ1v) is 13.9. The number of halogens is 1. The van der Waals surface area contributed by atoms with Crippen molar-refractivity contribution in [3.63, 3.8) is 0 Å². The van der Waals surface area contributed by atoms with Crippen molar-refractivity contribution in [2.24, 2.45) is 7.05 Å². The fraction of sp³-hybridized carbons (Fsp3) is 0.560. The van der Waals surface area contributed by atoms with Gasteiger partial charge in [0.1, 0.15) is 17.1 Å². The van der Waals surface area contributed by atoms with Crippen LogP contribution in [0.15, 0.2) is 27.9 Å². The van der Waals surface area contributed by atoms with Crippen molar-refractivity contribution in [3.05, 3.63) is 34.2 Å². The third-order valence-corrected chi connectivity index (χ3v) is 9.43. The van der Waals surface area contributed by atoms with Crippen LogP contribution in [0.5, 0.6) is 5.75 Å². The summed E-state index contributed by atoms with van der Waals surface area (Å²) in [5.74, 6) is 0.717. The zero-order chi connectivity index (χ0) is 26.4. The Morgan fingerprint density at radius 1 is 1.16 bits per heavy atom. The third kappa shape index (κ3) is 5.30. The summed E-state index contributed by atoms with van der Waals surface area (Å²) in [6.45, 7) is 9.29. The van der Waals surface area contributed by atoms with Crippen molar-refractivity contribution in [2.45, 2.75) is 57.5 Å². The average molecular weight is 645 g/mol. The number of H-pyrrole nitrogens is 1. The highest BCUT2D eigenvalue weighted by Gasteiger charge is 2.42. The van der Waals surface area contributed by atoms with E-state index in [0.29, 0.717) is 48.5 Å². The van der Waals surface area contributed by atoms with E-state index >= 15 is 0 Å². The Balaban J connectivity index is 0.00000380. The number of likely N-dealkylation sites (N-methyl/N-ethyl adjacent to an activating group) is 1. The summed E-state index contributed by atoms with van der Waals surface area (Å²) < 4.78 is 37.1. The highest BCUT2D eigenvalue weighted by molar-refractivity contribution is 7.89.